The van der Waals surface area contributed by atoms with Crippen LogP contribution in [0.2, 0.25) is 0 Å². The Morgan fingerprint density at radius 3 is 2.84 bits per heavy atom. The van der Waals surface area contributed by atoms with Crippen molar-refractivity contribution in [2.45, 2.75) is 32.9 Å². The van der Waals surface area contributed by atoms with E-state index < -0.39 is 6.10 Å². The van der Waals surface area contributed by atoms with Gasteiger partial charge in [0.2, 0.25) is 0 Å². The minimum atomic E-state index is -0.582. The predicted molar refractivity (Wildman–Crippen MR) is 79.9 cm³/mol. The quantitative estimate of drug-likeness (QED) is 0.850. The summed E-state index contributed by atoms with van der Waals surface area (Å²) >= 11 is 3.54. The SMILES string of the molecule is CCn1nc(C)c(Br)c1CC(O)c1cccc(N)c1. The fraction of sp³-hybridized carbons (Fsp3) is 0.357. The van der Waals surface area contributed by atoms with Crippen molar-refractivity contribution < 1.29 is 5.11 Å². The van der Waals surface area contributed by atoms with Gasteiger partial charge in [0.05, 0.1) is 22.0 Å². The number of aliphatic hydroxyl groups is 1. The molecule has 0 spiro atoms. The third-order valence-corrected chi connectivity index (χ3v) is 4.17. The minimum Gasteiger partial charge on any atom is -0.399 e. The Hall–Kier alpha value is -1.33. The lowest BCUT2D eigenvalue weighted by Crippen LogP contribution is -2.09. The number of nitrogens with two attached hydrogens (primary N) is 1. The summed E-state index contributed by atoms with van der Waals surface area (Å²) in [6.07, 6.45) is -0.0696. The van der Waals surface area contributed by atoms with Gasteiger partial charge in [0, 0.05) is 18.7 Å². The average molecular weight is 324 g/mol. The Kier molecular flexibility index (Phi) is 4.27. The van der Waals surface area contributed by atoms with Gasteiger partial charge in [-0.05, 0) is 47.5 Å². The number of benzene rings is 1. The van der Waals surface area contributed by atoms with Gasteiger partial charge in [-0.15, -0.1) is 0 Å². The molecular formula is C14H18BrN3O. The molecule has 2 rings (SSSR count). The molecule has 0 saturated carbocycles. The maximum atomic E-state index is 10.3. The van der Waals surface area contributed by atoms with E-state index in [-0.39, 0.29) is 0 Å². The van der Waals surface area contributed by atoms with Crippen LogP contribution in [-0.4, -0.2) is 14.9 Å². The molecule has 0 aliphatic carbocycles. The molecule has 1 heterocycles. The highest BCUT2D eigenvalue weighted by molar-refractivity contribution is 9.10. The van der Waals surface area contributed by atoms with Crippen LogP contribution in [0.3, 0.4) is 0 Å². The fourth-order valence-corrected chi connectivity index (χ4v) is 2.58. The number of hydrogen-bond acceptors (Lipinski definition) is 3. The third kappa shape index (κ3) is 2.98. The van der Waals surface area contributed by atoms with E-state index in [0.29, 0.717) is 12.1 Å². The van der Waals surface area contributed by atoms with E-state index in [2.05, 4.69) is 21.0 Å². The molecule has 3 N–H and O–H groups in total. The number of anilines is 1. The lowest BCUT2D eigenvalue weighted by atomic mass is 10.0. The Morgan fingerprint density at radius 2 is 2.21 bits per heavy atom. The molecule has 1 aromatic heterocycles. The van der Waals surface area contributed by atoms with Gasteiger partial charge in [-0.3, -0.25) is 4.68 Å². The summed E-state index contributed by atoms with van der Waals surface area (Å²) in [4.78, 5) is 0. The first-order valence-corrected chi connectivity index (χ1v) is 7.07. The lowest BCUT2D eigenvalue weighted by Gasteiger charge is -2.13. The number of hydrogen-bond donors (Lipinski definition) is 2. The van der Waals surface area contributed by atoms with Gasteiger partial charge in [-0.1, -0.05) is 12.1 Å². The zero-order valence-corrected chi connectivity index (χ0v) is 12.7. The molecule has 1 atom stereocenters. The summed E-state index contributed by atoms with van der Waals surface area (Å²) in [5.41, 5.74) is 9.18. The minimum absolute atomic E-state index is 0.513. The van der Waals surface area contributed by atoms with Crippen molar-refractivity contribution in [2.75, 3.05) is 5.73 Å². The first kappa shape index (κ1) is 14.1. The Bertz CT molecular complexity index is 580. The van der Waals surface area contributed by atoms with E-state index in [0.717, 1.165) is 28.0 Å². The molecule has 1 unspecified atom stereocenters. The highest BCUT2D eigenvalue weighted by Gasteiger charge is 2.17. The molecule has 0 fully saturated rings. The summed E-state index contributed by atoms with van der Waals surface area (Å²) in [7, 11) is 0. The highest BCUT2D eigenvalue weighted by atomic mass is 79.9. The van der Waals surface area contributed by atoms with Gasteiger partial charge < -0.3 is 10.8 Å². The summed E-state index contributed by atoms with van der Waals surface area (Å²) in [5.74, 6) is 0. The molecule has 19 heavy (non-hydrogen) atoms. The van der Waals surface area contributed by atoms with Crippen molar-refractivity contribution >= 4 is 21.6 Å². The van der Waals surface area contributed by atoms with Crippen LogP contribution in [-0.2, 0) is 13.0 Å². The molecule has 0 amide bonds. The standard InChI is InChI=1S/C14H18BrN3O/c1-3-18-12(14(15)9(2)17-18)8-13(19)10-5-4-6-11(16)7-10/h4-7,13,19H,3,8,16H2,1-2H3. The molecule has 102 valence electrons. The van der Waals surface area contributed by atoms with Crippen LogP contribution >= 0.6 is 15.9 Å². The Balaban J connectivity index is 2.26. The summed E-state index contributed by atoms with van der Waals surface area (Å²) in [6, 6.07) is 7.35. The van der Waals surface area contributed by atoms with Gasteiger partial charge >= 0.3 is 0 Å². The number of aryl methyl sites for hydroxylation is 2. The average Bonchev–Trinajstić information content (AvgIpc) is 2.66. The van der Waals surface area contributed by atoms with E-state index in [1.807, 2.05) is 36.7 Å². The monoisotopic (exact) mass is 323 g/mol. The molecule has 0 saturated heterocycles. The van der Waals surface area contributed by atoms with E-state index in [1.165, 1.54) is 0 Å². The van der Waals surface area contributed by atoms with Crippen LogP contribution in [0.15, 0.2) is 28.7 Å². The van der Waals surface area contributed by atoms with Crippen LogP contribution in [0.25, 0.3) is 0 Å². The maximum absolute atomic E-state index is 10.3. The molecule has 1 aromatic carbocycles. The van der Waals surface area contributed by atoms with Crippen molar-refractivity contribution in [1.82, 2.24) is 9.78 Å². The Labute approximate surface area is 121 Å². The second kappa shape index (κ2) is 5.75. The van der Waals surface area contributed by atoms with Crippen LogP contribution in [0.4, 0.5) is 5.69 Å². The van der Waals surface area contributed by atoms with Crippen LogP contribution in [0.1, 0.15) is 30.0 Å². The smallest absolute Gasteiger partial charge is 0.0846 e. The van der Waals surface area contributed by atoms with Gasteiger partial charge in [-0.25, -0.2) is 0 Å². The number of nitrogen functional groups attached to an aromatic ring is 1. The number of aromatic nitrogens is 2. The second-order valence-electron chi connectivity index (χ2n) is 4.55. The molecule has 0 radical (unpaired) electrons. The van der Waals surface area contributed by atoms with Crippen molar-refractivity contribution in [3.8, 4) is 0 Å². The summed E-state index contributed by atoms with van der Waals surface area (Å²) in [5, 5.41) is 14.8. The lowest BCUT2D eigenvalue weighted by molar-refractivity contribution is 0.175. The fourth-order valence-electron chi connectivity index (χ4n) is 2.13. The van der Waals surface area contributed by atoms with Crippen LogP contribution in [0.5, 0.6) is 0 Å². The summed E-state index contributed by atoms with van der Waals surface area (Å²) in [6.45, 7) is 4.77. The Morgan fingerprint density at radius 1 is 1.47 bits per heavy atom. The molecule has 5 heteroatoms. The van der Waals surface area contributed by atoms with Crippen LogP contribution < -0.4 is 5.73 Å². The number of rotatable bonds is 4. The van der Waals surface area contributed by atoms with Crippen LogP contribution in [0, 0.1) is 6.92 Å². The topological polar surface area (TPSA) is 64.1 Å². The van der Waals surface area contributed by atoms with E-state index >= 15 is 0 Å². The van der Waals surface area contributed by atoms with Gasteiger partial charge in [0.15, 0.2) is 0 Å². The number of nitrogens with zero attached hydrogens (tertiary/aromatic N) is 2. The largest absolute Gasteiger partial charge is 0.399 e. The molecular weight excluding hydrogens is 306 g/mol. The van der Waals surface area contributed by atoms with Crippen molar-refractivity contribution in [2.24, 2.45) is 0 Å². The molecule has 0 aliphatic heterocycles. The second-order valence-corrected chi connectivity index (χ2v) is 5.34. The van der Waals surface area contributed by atoms with Crippen molar-refractivity contribution in [1.29, 1.82) is 0 Å². The maximum Gasteiger partial charge on any atom is 0.0846 e. The van der Waals surface area contributed by atoms with Gasteiger partial charge in [0.1, 0.15) is 0 Å². The van der Waals surface area contributed by atoms with E-state index in [9.17, 15) is 5.11 Å². The normalized spacial score (nSPS) is 12.6. The van der Waals surface area contributed by atoms with E-state index in [1.54, 1.807) is 6.07 Å². The molecule has 2 aromatic rings. The third-order valence-electron chi connectivity index (χ3n) is 3.13. The van der Waals surface area contributed by atoms with Gasteiger partial charge in [-0.2, -0.15) is 5.10 Å². The molecule has 0 bridgehead atoms. The first-order valence-electron chi connectivity index (χ1n) is 6.28. The zero-order valence-electron chi connectivity index (χ0n) is 11.1. The number of aliphatic hydroxyl groups excluding tert-OH is 1. The zero-order chi connectivity index (χ0) is 14.0. The van der Waals surface area contributed by atoms with Gasteiger partial charge in [0.25, 0.3) is 0 Å². The molecule has 0 aliphatic rings. The van der Waals surface area contributed by atoms with E-state index in [4.69, 9.17) is 5.73 Å². The highest BCUT2D eigenvalue weighted by Crippen LogP contribution is 2.27. The van der Waals surface area contributed by atoms with Crippen molar-refractivity contribution in [3.05, 3.63) is 45.7 Å². The molecule has 4 nitrogen and oxygen atoms in total. The number of halogens is 1. The summed E-state index contributed by atoms with van der Waals surface area (Å²) < 4.78 is 2.88. The van der Waals surface area contributed by atoms with Crippen molar-refractivity contribution in [3.63, 3.8) is 0 Å². The first-order chi connectivity index (χ1) is 9.02. The predicted octanol–water partition coefficient (Wildman–Crippen LogP) is 2.83.